The Balaban J connectivity index is 0.00000240. The molecule has 1 aliphatic rings. The Morgan fingerprint density at radius 2 is 1.59 bits per heavy atom. The SMILES string of the molecule is CN(CCc1ccc(Cl)cc1)CCN1c2ccccc2COc2ccccc21.Cl. The number of benzene rings is 3. The summed E-state index contributed by atoms with van der Waals surface area (Å²) in [6.07, 6.45) is 1.02. The molecule has 152 valence electrons. The van der Waals surface area contributed by atoms with E-state index in [0.29, 0.717) is 6.61 Å². The van der Waals surface area contributed by atoms with Crippen molar-refractivity contribution >= 4 is 35.4 Å². The van der Waals surface area contributed by atoms with Gasteiger partial charge in [-0.05, 0) is 49.4 Å². The zero-order valence-corrected chi connectivity index (χ0v) is 18.1. The summed E-state index contributed by atoms with van der Waals surface area (Å²) < 4.78 is 6.06. The zero-order chi connectivity index (χ0) is 19.3. The normalized spacial score (nSPS) is 12.4. The van der Waals surface area contributed by atoms with Crippen LogP contribution in [0.3, 0.4) is 0 Å². The zero-order valence-electron chi connectivity index (χ0n) is 16.6. The van der Waals surface area contributed by atoms with Crippen LogP contribution in [0.4, 0.5) is 11.4 Å². The molecule has 0 aromatic heterocycles. The lowest BCUT2D eigenvalue weighted by atomic mass is 10.1. The van der Waals surface area contributed by atoms with Gasteiger partial charge < -0.3 is 14.5 Å². The van der Waals surface area contributed by atoms with E-state index in [-0.39, 0.29) is 12.4 Å². The standard InChI is InChI=1S/C24H25ClN2O.ClH/c1-26(15-14-19-10-12-21(25)13-11-19)16-17-27-22-7-3-2-6-20(22)18-28-24-9-5-4-8-23(24)27;/h2-13H,14-18H2,1H3;1H. The lowest BCUT2D eigenvalue weighted by molar-refractivity contribution is 0.310. The molecule has 0 amide bonds. The van der Waals surface area contributed by atoms with Crippen molar-refractivity contribution in [1.82, 2.24) is 4.90 Å². The maximum atomic E-state index is 6.06. The summed E-state index contributed by atoms with van der Waals surface area (Å²) in [5.41, 5.74) is 4.91. The van der Waals surface area contributed by atoms with Crippen molar-refractivity contribution in [1.29, 1.82) is 0 Å². The molecule has 4 rings (SSSR count). The molecule has 0 atom stereocenters. The first-order valence-electron chi connectivity index (χ1n) is 9.71. The van der Waals surface area contributed by atoms with Gasteiger partial charge in [-0.15, -0.1) is 12.4 Å². The predicted octanol–water partition coefficient (Wildman–Crippen LogP) is 5.97. The molecule has 1 aliphatic heterocycles. The minimum absolute atomic E-state index is 0. The number of anilines is 2. The second-order valence-corrected chi connectivity index (χ2v) is 7.65. The molecule has 5 heteroatoms. The molecule has 0 fully saturated rings. The van der Waals surface area contributed by atoms with Crippen molar-refractivity contribution in [3.05, 3.63) is 88.9 Å². The average Bonchev–Trinajstić information content (AvgIpc) is 2.89. The highest BCUT2D eigenvalue weighted by Gasteiger charge is 2.21. The Bertz CT molecular complexity index is 883. The Kier molecular flexibility index (Phi) is 7.43. The van der Waals surface area contributed by atoms with Crippen LogP contribution >= 0.6 is 24.0 Å². The molecule has 0 N–H and O–H groups in total. The third-order valence-electron chi connectivity index (χ3n) is 5.22. The summed E-state index contributed by atoms with van der Waals surface area (Å²) >= 11 is 5.98. The number of likely N-dealkylation sites (N-methyl/N-ethyl adjacent to an activating group) is 1. The number of hydrogen-bond acceptors (Lipinski definition) is 3. The summed E-state index contributed by atoms with van der Waals surface area (Å²) in [7, 11) is 2.18. The lowest BCUT2D eigenvalue weighted by Crippen LogP contribution is -2.32. The molecule has 0 aliphatic carbocycles. The van der Waals surface area contributed by atoms with E-state index in [2.05, 4.69) is 71.4 Å². The number of hydrogen-bond donors (Lipinski definition) is 0. The molecule has 3 aromatic rings. The van der Waals surface area contributed by atoms with Crippen LogP contribution in [-0.2, 0) is 13.0 Å². The maximum Gasteiger partial charge on any atom is 0.143 e. The second kappa shape index (κ2) is 10.0. The molecule has 0 saturated heterocycles. The number of ether oxygens (including phenoxy) is 1. The summed E-state index contributed by atoms with van der Waals surface area (Å²) in [4.78, 5) is 4.77. The number of halogens is 2. The van der Waals surface area contributed by atoms with Crippen LogP contribution in [0, 0.1) is 0 Å². The van der Waals surface area contributed by atoms with Gasteiger partial charge in [-0.25, -0.2) is 0 Å². The Labute approximate surface area is 184 Å². The Hall–Kier alpha value is -2.20. The molecule has 0 spiro atoms. The van der Waals surface area contributed by atoms with Gasteiger partial charge in [0.1, 0.15) is 12.4 Å². The van der Waals surface area contributed by atoms with Gasteiger partial charge in [0.25, 0.3) is 0 Å². The van der Waals surface area contributed by atoms with Crippen molar-refractivity contribution < 1.29 is 4.74 Å². The monoisotopic (exact) mass is 428 g/mol. The molecular weight excluding hydrogens is 403 g/mol. The summed E-state index contributed by atoms with van der Waals surface area (Å²) in [6, 6.07) is 25.0. The molecule has 29 heavy (non-hydrogen) atoms. The van der Waals surface area contributed by atoms with E-state index in [4.69, 9.17) is 16.3 Å². The third-order valence-corrected chi connectivity index (χ3v) is 5.47. The molecule has 0 saturated carbocycles. The van der Waals surface area contributed by atoms with E-state index in [0.717, 1.165) is 42.5 Å². The topological polar surface area (TPSA) is 15.7 Å². The highest BCUT2D eigenvalue weighted by Crippen LogP contribution is 2.38. The van der Waals surface area contributed by atoms with Crippen LogP contribution in [-0.4, -0.2) is 31.6 Å². The van der Waals surface area contributed by atoms with Gasteiger partial charge >= 0.3 is 0 Å². The van der Waals surface area contributed by atoms with Crippen LogP contribution in [0.25, 0.3) is 0 Å². The van der Waals surface area contributed by atoms with Crippen molar-refractivity contribution in [2.75, 3.05) is 31.6 Å². The number of para-hydroxylation sites is 3. The Morgan fingerprint density at radius 3 is 2.38 bits per heavy atom. The molecule has 0 radical (unpaired) electrons. The van der Waals surface area contributed by atoms with Gasteiger partial charge in [-0.3, -0.25) is 0 Å². The van der Waals surface area contributed by atoms with Crippen LogP contribution in [0.1, 0.15) is 11.1 Å². The van der Waals surface area contributed by atoms with Gasteiger partial charge in [-0.2, -0.15) is 0 Å². The molecular formula is C24H26Cl2N2O. The number of nitrogens with zero attached hydrogens (tertiary/aromatic N) is 2. The quantitative estimate of drug-likeness (QED) is 0.480. The fourth-order valence-corrected chi connectivity index (χ4v) is 3.70. The highest BCUT2D eigenvalue weighted by molar-refractivity contribution is 6.30. The largest absolute Gasteiger partial charge is 0.487 e. The molecule has 1 heterocycles. The van der Waals surface area contributed by atoms with E-state index in [1.165, 1.54) is 16.8 Å². The van der Waals surface area contributed by atoms with Gasteiger partial charge in [0, 0.05) is 35.9 Å². The first-order chi connectivity index (χ1) is 13.7. The van der Waals surface area contributed by atoms with Gasteiger partial charge in [-0.1, -0.05) is 54.1 Å². The Morgan fingerprint density at radius 1 is 0.897 bits per heavy atom. The van der Waals surface area contributed by atoms with E-state index in [9.17, 15) is 0 Å². The van der Waals surface area contributed by atoms with Crippen LogP contribution in [0.2, 0.25) is 5.02 Å². The van der Waals surface area contributed by atoms with Gasteiger partial charge in [0.05, 0.1) is 5.69 Å². The average molecular weight is 429 g/mol. The predicted molar refractivity (Wildman–Crippen MR) is 124 cm³/mol. The minimum atomic E-state index is 0. The smallest absolute Gasteiger partial charge is 0.143 e. The summed E-state index contributed by atoms with van der Waals surface area (Å²) in [5, 5.41) is 0.790. The fraction of sp³-hybridized carbons (Fsp3) is 0.250. The second-order valence-electron chi connectivity index (χ2n) is 7.22. The molecule has 0 unspecified atom stereocenters. The molecule has 0 bridgehead atoms. The van der Waals surface area contributed by atoms with Gasteiger partial charge in [0.15, 0.2) is 0 Å². The van der Waals surface area contributed by atoms with Crippen molar-refractivity contribution in [2.45, 2.75) is 13.0 Å². The number of fused-ring (bicyclic) bond motifs is 2. The van der Waals surface area contributed by atoms with Crippen molar-refractivity contribution in [3.8, 4) is 5.75 Å². The van der Waals surface area contributed by atoms with E-state index in [1.54, 1.807) is 0 Å². The lowest BCUT2D eigenvalue weighted by Gasteiger charge is -2.28. The minimum Gasteiger partial charge on any atom is -0.487 e. The van der Waals surface area contributed by atoms with E-state index >= 15 is 0 Å². The fourth-order valence-electron chi connectivity index (χ4n) is 3.58. The van der Waals surface area contributed by atoms with Gasteiger partial charge in [0.2, 0.25) is 0 Å². The first kappa shape index (κ1) is 21.5. The summed E-state index contributed by atoms with van der Waals surface area (Å²) in [6.45, 7) is 3.50. The van der Waals surface area contributed by atoms with Crippen LogP contribution in [0.15, 0.2) is 72.8 Å². The molecule has 3 aromatic carbocycles. The summed E-state index contributed by atoms with van der Waals surface area (Å²) in [5.74, 6) is 0.947. The van der Waals surface area contributed by atoms with Crippen molar-refractivity contribution in [2.24, 2.45) is 0 Å². The van der Waals surface area contributed by atoms with Crippen molar-refractivity contribution in [3.63, 3.8) is 0 Å². The number of rotatable bonds is 6. The highest BCUT2D eigenvalue weighted by atomic mass is 35.5. The van der Waals surface area contributed by atoms with E-state index < -0.39 is 0 Å². The maximum absolute atomic E-state index is 6.06. The van der Waals surface area contributed by atoms with Crippen LogP contribution < -0.4 is 9.64 Å². The molecule has 3 nitrogen and oxygen atoms in total. The first-order valence-corrected chi connectivity index (χ1v) is 10.1. The van der Waals surface area contributed by atoms with E-state index in [1.807, 2.05) is 18.2 Å². The third kappa shape index (κ3) is 5.24. The van der Waals surface area contributed by atoms with Crippen LogP contribution in [0.5, 0.6) is 5.75 Å².